The Morgan fingerprint density at radius 1 is 0.257 bits per heavy atom. The normalized spacial score (nSPS) is 16.1. The van der Waals surface area contributed by atoms with Gasteiger partial charge in [-0.3, -0.25) is 0 Å². The number of para-hydroxylation sites is 2. The van der Waals surface area contributed by atoms with E-state index in [1.54, 1.807) is 0 Å². The fourth-order valence-electron chi connectivity index (χ4n) is 12.8. The minimum Gasteiger partial charge on any atom is -0.310 e. The lowest BCUT2D eigenvalue weighted by atomic mass is 9.74. The molecule has 0 saturated heterocycles. The summed E-state index contributed by atoms with van der Waals surface area (Å²) < 4.78 is 0. The highest BCUT2D eigenvalue weighted by molar-refractivity contribution is 6.12. The van der Waals surface area contributed by atoms with Crippen LogP contribution < -0.4 is 9.80 Å². The molecule has 2 aliphatic rings. The highest BCUT2D eigenvalue weighted by Crippen LogP contribution is 2.59. The summed E-state index contributed by atoms with van der Waals surface area (Å²) >= 11 is 0. The number of hydrogen-bond acceptors (Lipinski definition) is 2. The van der Waals surface area contributed by atoms with Gasteiger partial charge in [0, 0.05) is 44.4 Å². The van der Waals surface area contributed by atoms with Crippen LogP contribution >= 0.6 is 0 Å². The molecule has 0 bridgehead atoms. The first-order valence-corrected chi connectivity index (χ1v) is 25.8. The SMILES string of the molecule is CC1(c2ccccc2)c2ccccc2-c2c1cc(N(c1ccccc1)c1ccc(-c3ccc(N(c4ccccc4)c4cc5c(c6ccccc46)-c4ccccc4[C@]5(C)c4ccccc4)cc3)cc1)c1ccccc21. The van der Waals surface area contributed by atoms with Crippen LogP contribution in [0.1, 0.15) is 47.2 Å². The third kappa shape index (κ3) is 6.58. The van der Waals surface area contributed by atoms with E-state index in [9.17, 15) is 0 Å². The van der Waals surface area contributed by atoms with E-state index in [1.165, 1.54) is 77.2 Å². The van der Waals surface area contributed by atoms with E-state index in [0.717, 1.165) is 45.3 Å². The summed E-state index contributed by atoms with van der Waals surface area (Å²) in [5.74, 6) is 0. The molecule has 2 aliphatic carbocycles. The Kier molecular flexibility index (Phi) is 10.1. The van der Waals surface area contributed by atoms with E-state index in [4.69, 9.17) is 0 Å². The molecule has 0 fully saturated rings. The Morgan fingerprint density at radius 3 is 0.932 bits per heavy atom. The second kappa shape index (κ2) is 17.2. The summed E-state index contributed by atoms with van der Waals surface area (Å²) in [6.45, 7) is 4.82. The zero-order chi connectivity index (χ0) is 49.4. The van der Waals surface area contributed by atoms with E-state index in [1.807, 2.05) is 0 Å². The van der Waals surface area contributed by atoms with E-state index >= 15 is 0 Å². The van der Waals surface area contributed by atoms with Crippen molar-refractivity contribution >= 4 is 55.7 Å². The number of benzene rings is 12. The zero-order valence-corrected chi connectivity index (χ0v) is 41.5. The Morgan fingerprint density at radius 2 is 0.554 bits per heavy atom. The standard InChI is InChI=1S/C72H52N2/c1-71(51-23-7-3-8-24-51)63-37-21-19-35-61(63)69-59-33-17-15-31-57(59)67(47-65(69)71)73(53-27-11-5-12-28-53)55-43-39-49(40-44-55)50-41-45-56(46-42-50)74(54-29-13-6-14-30-54)68-48-66-70(60-34-18-16-32-58(60)68)62-36-20-22-38-64(62)72(66,2)52-25-9-4-10-26-52/h3-48H,1-2H3/t71-,72?/m0/s1. The molecule has 350 valence electrons. The average Bonchev–Trinajstić information content (AvgIpc) is 3.91. The molecule has 0 heterocycles. The van der Waals surface area contributed by atoms with Crippen LogP contribution in [-0.4, -0.2) is 0 Å². The maximum atomic E-state index is 2.48. The van der Waals surface area contributed by atoms with Crippen molar-refractivity contribution in [1.29, 1.82) is 0 Å². The largest absolute Gasteiger partial charge is 0.310 e. The molecule has 74 heavy (non-hydrogen) atoms. The van der Waals surface area contributed by atoms with Gasteiger partial charge in [-0.15, -0.1) is 0 Å². The molecule has 0 aliphatic heterocycles. The lowest BCUT2D eigenvalue weighted by Gasteiger charge is -2.32. The lowest BCUT2D eigenvalue weighted by Crippen LogP contribution is -2.23. The van der Waals surface area contributed by atoms with Gasteiger partial charge in [-0.05, 0) is 152 Å². The van der Waals surface area contributed by atoms with Crippen molar-refractivity contribution < 1.29 is 0 Å². The van der Waals surface area contributed by atoms with Crippen molar-refractivity contribution in [2.24, 2.45) is 0 Å². The van der Waals surface area contributed by atoms with E-state index in [2.05, 4.69) is 303 Å². The number of hydrogen-bond donors (Lipinski definition) is 0. The summed E-state index contributed by atoms with van der Waals surface area (Å²) in [4.78, 5) is 4.90. The maximum Gasteiger partial charge on any atom is 0.0543 e. The van der Waals surface area contributed by atoms with Gasteiger partial charge in [0.25, 0.3) is 0 Å². The molecule has 12 aromatic rings. The van der Waals surface area contributed by atoms with Gasteiger partial charge >= 0.3 is 0 Å². The average molecular weight is 945 g/mol. The smallest absolute Gasteiger partial charge is 0.0543 e. The molecule has 0 saturated carbocycles. The van der Waals surface area contributed by atoms with Gasteiger partial charge in [0.2, 0.25) is 0 Å². The second-order valence-electron chi connectivity index (χ2n) is 20.2. The van der Waals surface area contributed by atoms with Gasteiger partial charge in [-0.1, -0.05) is 218 Å². The summed E-state index contributed by atoms with van der Waals surface area (Å²) in [5, 5.41) is 4.96. The first kappa shape index (κ1) is 43.5. The van der Waals surface area contributed by atoms with Crippen LogP contribution in [0.3, 0.4) is 0 Å². The molecule has 0 spiro atoms. The lowest BCUT2D eigenvalue weighted by molar-refractivity contribution is 0.714. The van der Waals surface area contributed by atoms with Gasteiger partial charge in [0.15, 0.2) is 0 Å². The maximum absolute atomic E-state index is 2.48. The van der Waals surface area contributed by atoms with Gasteiger partial charge in [-0.25, -0.2) is 0 Å². The molecule has 0 radical (unpaired) electrons. The van der Waals surface area contributed by atoms with E-state index < -0.39 is 0 Å². The zero-order valence-electron chi connectivity index (χ0n) is 41.5. The molecular weight excluding hydrogens is 893 g/mol. The quantitative estimate of drug-likeness (QED) is 0.142. The van der Waals surface area contributed by atoms with Gasteiger partial charge < -0.3 is 9.80 Å². The van der Waals surface area contributed by atoms with Crippen LogP contribution in [0, 0.1) is 0 Å². The van der Waals surface area contributed by atoms with Crippen LogP contribution in [-0.2, 0) is 10.8 Å². The predicted molar refractivity (Wildman–Crippen MR) is 311 cm³/mol. The monoisotopic (exact) mass is 944 g/mol. The van der Waals surface area contributed by atoms with Crippen LogP contribution in [0.5, 0.6) is 0 Å². The molecule has 0 aromatic heterocycles. The first-order valence-electron chi connectivity index (χ1n) is 25.8. The van der Waals surface area contributed by atoms with Gasteiger partial charge in [0.05, 0.1) is 11.4 Å². The number of rotatable bonds is 9. The Balaban J connectivity index is 0.878. The van der Waals surface area contributed by atoms with Crippen LogP contribution in [0.2, 0.25) is 0 Å². The Bertz CT molecular complexity index is 3810. The summed E-state index contributed by atoms with van der Waals surface area (Å²) in [5.41, 5.74) is 21.5. The summed E-state index contributed by atoms with van der Waals surface area (Å²) in [6, 6.07) is 103. The highest BCUT2D eigenvalue weighted by Gasteiger charge is 2.44. The van der Waals surface area contributed by atoms with Gasteiger partial charge in [-0.2, -0.15) is 0 Å². The van der Waals surface area contributed by atoms with Crippen LogP contribution in [0.15, 0.2) is 279 Å². The molecule has 0 N–H and O–H groups in total. The Hall–Kier alpha value is -9.24. The van der Waals surface area contributed by atoms with Crippen molar-refractivity contribution in [3.63, 3.8) is 0 Å². The third-order valence-electron chi connectivity index (χ3n) is 16.4. The minimum atomic E-state index is -0.345. The van der Waals surface area contributed by atoms with Crippen LogP contribution in [0.4, 0.5) is 34.1 Å². The number of anilines is 6. The Labute approximate surface area is 433 Å². The molecular formula is C72H52N2. The van der Waals surface area contributed by atoms with Crippen molar-refractivity contribution in [2.75, 3.05) is 9.80 Å². The predicted octanol–water partition coefficient (Wildman–Crippen LogP) is 19.3. The minimum absolute atomic E-state index is 0.345. The fourth-order valence-corrected chi connectivity index (χ4v) is 12.8. The molecule has 1 unspecified atom stereocenters. The third-order valence-corrected chi connectivity index (χ3v) is 16.4. The molecule has 2 nitrogen and oxygen atoms in total. The van der Waals surface area contributed by atoms with Crippen molar-refractivity contribution in [3.05, 3.63) is 312 Å². The first-order chi connectivity index (χ1) is 36.5. The van der Waals surface area contributed by atoms with Crippen molar-refractivity contribution in [3.8, 4) is 33.4 Å². The summed E-state index contributed by atoms with van der Waals surface area (Å²) in [6.07, 6.45) is 0. The van der Waals surface area contributed by atoms with Crippen LogP contribution in [0.25, 0.3) is 54.9 Å². The molecule has 0 amide bonds. The van der Waals surface area contributed by atoms with Crippen molar-refractivity contribution in [1.82, 2.24) is 0 Å². The van der Waals surface area contributed by atoms with Gasteiger partial charge in [0.1, 0.15) is 0 Å². The fraction of sp³-hybridized carbons (Fsp3) is 0.0556. The second-order valence-corrected chi connectivity index (χ2v) is 20.2. The molecule has 2 atom stereocenters. The van der Waals surface area contributed by atoms with E-state index in [0.29, 0.717) is 0 Å². The number of fused-ring (bicyclic) bond motifs is 10. The van der Waals surface area contributed by atoms with E-state index in [-0.39, 0.29) is 10.8 Å². The topological polar surface area (TPSA) is 6.48 Å². The highest BCUT2D eigenvalue weighted by atomic mass is 15.1. The number of nitrogens with zero attached hydrogens (tertiary/aromatic N) is 2. The molecule has 12 aromatic carbocycles. The molecule has 14 rings (SSSR count). The van der Waals surface area contributed by atoms with Crippen molar-refractivity contribution in [2.45, 2.75) is 24.7 Å². The molecule has 2 heteroatoms. The summed E-state index contributed by atoms with van der Waals surface area (Å²) in [7, 11) is 0.